The summed E-state index contributed by atoms with van der Waals surface area (Å²) in [7, 11) is 0. The lowest BCUT2D eigenvalue weighted by atomic mass is 9.96. The van der Waals surface area contributed by atoms with Gasteiger partial charge in [0, 0.05) is 11.8 Å². The van der Waals surface area contributed by atoms with E-state index in [1.165, 1.54) is 16.7 Å². The molecular formula is C11H15N. The van der Waals surface area contributed by atoms with Crippen LogP contribution in [0.5, 0.6) is 0 Å². The van der Waals surface area contributed by atoms with E-state index in [2.05, 4.69) is 44.8 Å². The Morgan fingerprint density at radius 1 is 1.33 bits per heavy atom. The van der Waals surface area contributed by atoms with Crippen LogP contribution in [-0.4, -0.2) is 5.71 Å². The first-order valence-electron chi connectivity index (χ1n) is 4.22. The largest absolute Gasteiger partial charge is 0.256 e. The van der Waals surface area contributed by atoms with Crippen molar-refractivity contribution in [2.45, 2.75) is 27.7 Å². The van der Waals surface area contributed by atoms with Crippen molar-refractivity contribution in [2.75, 3.05) is 0 Å². The van der Waals surface area contributed by atoms with Crippen LogP contribution in [0.1, 0.15) is 27.7 Å². The molecule has 1 heterocycles. The summed E-state index contributed by atoms with van der Waals surface area (Å²) in [5.74, 6) is 0. The van der Waals surface area contributed by atoms with Crippen LogP contribution in [0.2, 0.25) is 0 Å². The van der Waals surface area contributed by atoms with Crippen molar-refractivity contribution >= 4 is 5.71 Å². The molecule has 0 saturated carbocycles. The van der Waals surface area contributed by atoms with Crippen LogP contribution in [0.15, 0.2) is 40.1 Å². The Morgan fingerprint density at radius 2 is 1.92 bits per heavy atom. The zero-order valence-corrected chi connectivity index (χ0v) is 8.18. The monoisotopic (exact) mass is 161 g/mol. The summed E-state index contributed by atoms with van der Waals surface area (Å²) in [5.41, 5.74) is 5.04. The molecule has 0 radical (unpaired) electrons. The average Bonchev–Trinajstić information content (AvgIpc) is 1.94. The van der Waals surface area contributed by atoms with E-state index in [4.69, 9.17) is 0 Å². The lowest BCUT2D eigenvalue weighted by Crippen LogP contribution is -2.06. The van der Waals surface area contributed by atoms with Gasteiger partial charge < -0.3 is 0 Å². The SMILES string of the molecule is C/C=C(/C)C(C1=NC=C1)=C(C)C. The number of allylic oxidation sites excluding steroid dienone is 5. The molecule has 1 aliphatic rings. The van der Waals surface area contributed by atoms with Gasteiger partial charge in [0.05, 0.1) is 5.71 Å². The Hall–Kier alpha value is -1.11. The number of rotatable bonds is 2. The highest BCUT2D eigenvalue weighted by molar-refractivity contribution is 6.14. The highest BCUT2D eigenvalue weighted by Gasteiger charge is 2.10. The third-order valence-corrected chi connectivity index (χ3v) is 2.03. The molecule has 0 amide bonds. The molecule has 0 saturated heterocycles. The highest BCUT2D eigenvalue weighted by atomic mass is 14.8. The van der Waals surface area contributed by atoms with Crippen molar-refractivity contribution in [3.63, 3.8) is 0 Å². The van der Waals surface area contributed by atoms with Gasteiger partial charge in [0.25, 0.3) is 0 Å². The van der Waals surface area contributed by atoms with E-state index < -0.39 is 0 Å². The number of aliphatic imine (C=N–C) groups is 1. The normalized spacial score (nSPS) is 15.3. The maximum Gasteiger partial charge on any atom is 0.0719 e. The lowest BCUT2D eigenvalue weighted by Gasteiger charge is -2.13. The molecule has 1 nitrogen and oxygen atoms in total. The third kappa shape index (κ3) is 1.55. The smallest absolute Gasteiger partial charge is 0.0719 e. The summed E-state index contributed by atoms with van der Waals surface area (Å²) in [5, 5.41) is 0. The number of hydrogen-bond acceptors (Lipinski definition) is 1. The number of hydrogen-bond donors (Lipinski definition) is 0. The van der Waals surface area contributed by atoms with Crippen LogP contribution >= 0.6 is 0 Å². The van der Waals surface area contributed by atoms with Gasteiger partial charge in [0.1, 0.15) is 0 Å². The zero-order valence-electron chi connectivity index (χ0n) is 8.18. The molecule has 64 valence electrons. The Bertz CT molecular complexity index is 287. The standard InChI is InChI=1S/C11H15N/c1-5-9(4)11(8(2)3)10-6-7-12-10/h5-7H,1-4H3/b9-5-. The fourth-order valence-corrected chi connectivity index (χ4v) is 1.29. The summed E-state index contributed by atoms with van der Waals surface area (Å²) in [4.78, 5) is 4.20. The van der Waals surface area contributed by atoms with Crippen molar-refractivity contribution in [2.24, 2.45) is 4.99 Å². The Labute approximate surface area is 74.2 Å². The Kier molecular flexibility index (Phi) is 2.64. The maximum atomic E-state index is 4.20. The summed E-state index contributed by atoms with van der Waals surface area (Å²) >= 11 is 0. The summed E-state index contributed by atoms with van der Waals surface area (Å²) in [6.45, 7) is 8.42. The third-order valence-electron chi connectivity index (χ3n) is 2.03. The van der Waals surface area contributed by atoms with E-state index in [0.29, 0.717) is 0 Å². The second-order valence-electron chi connectivity index (χ2n) is 3.18. The predicted molar refractivity (Wildman–Crippen MR) is 54.4 cm³/mol. The van der Waals surface area contributed by atoms with Gasteiger partial charge in [0.2, 0.25) is 0 Å². The fourth-order valence-electron chi connectivity index (χ4n) is 1.29. The maximum absolute atomic E-state index is 4.20. The number of nitrogens with zero attached hydrogens (tertiary/aromatic N) is 1. The molecule has 12 heavy (non-hydrogen) atoms. The molecule has 1 heteroatoms. The first kappa shape index (κ1) is 8.98. The molecule has 0 bridgehead atoms. The van der Waals surface area contributed by atoms with Crippen molar-refractivity contribution < 1.29 is 0 Å². The van der Waals surface area contributed by atoms with Gasteiger partial charge in [-0.25, -0.2) is 0 Å². The average molecular weight is 161 g/mol. The van der Waals surface area contributed by atoms with Crippen molar-refractivity contribution in [3.05, 3.63) is 35.1 Å². The van der Waals surface area contributed by atoms with E-state index in [1.807, 2.05) is 6.20 Å². The van der Waals surface area contributed by atoms with Crippen LogP contribution in [0, 0.1) is 0 Å². The van der Waals surface area contributed by atoms with Gasteiger partial charge in [-0.1, -0.05) is 11.6 Å². The summed E-state index contributed by atoms with van der Waals surface area (Å²) in [6, 6.07) is 0. The van der Waals surface area contributed by atoms with Crippen molar-refractivity contribution in [1.82, 2.24) is 0 Å². The van der Waals surface area contributed by atoms with Gasteiger partial charge >= 0.3 is 0 Å². The molecule has 0 fully saturated rings. The second kappa shape index (κ2) is 3.53. The predicted octanol–water partition coefficient (Wildman–Crippen LogP) is 3.26. The van der Waals surface area contributed by atoms with E-state index in [1.54, 1.807) is 0 Å². The van der Waals surface area contributed by atoms with E-state index in [9.17, 15) is 0 Å². The molecule has 0 aromatic heterocycles. The molecule has 0 aromatic carbocycles. The van der Waals surface area contributed by atoms with Gasteiger partial charge in [-0.2, -0.15) is 0 Å². The minimum absolute atomic E-state index is 1.12. The topological polar surface area (TPSA) is 12.4 Å². The van der Waals surface area contributed by atoms with Crippen LogP contribution in [0.4, 0.5) is 0 Å². The molecule has 0 atom stereocenters. The van der Waals surface area contributed by atoms with Crippen LogP contribution in [0.3, 0.4) is 0 Å². The lowest BCUT2D eigenvalue weighted by molar-refractivity contribution is 1.28. The van der Waals surface area contributed by atoms with Crippen LogP contribution in [-0.2, 0) is 0 Å². The van der Waals surface area contributed by atoms with E-state index in [-0.39, 0.29) is 0 Å². The first-order valence-corrected chi connectivity index (χ1v) is 4.22. The quantitative estimate of drug-likeness (QED) is 0.551. The summed E-state index contributed by atoms with van der Waals surface area (Å²) in [6.07, 6.45) is 6.01. The molecule has 0 N–H and O–H groups in total. The molecule has 0 unspecified atom stereocenters. The van der Waals surface area contributed by atoms with Crippen molar-refractivity contribution in [3.8, 4) is 0 Å². The fraction of sp³-hybridized carbons (Fsp3) is 0.364. The molecule has 1 rings (SSSR count). The molecular weight excluding hydrogens is 146 g/mol. The molecule has 0 spiro atoms. The van der Waals surface area contributed by atoms with E-state index >= 15 is 0 Å². The van der Waals surface area contributed by atoms with E-state index in [0.717, 1.165) is 5.71 Å². The Morgan fingerprint density at radius 3 is 2.17 bits per heavy atom. The summed E-state index contributed by atoms with van der Waals surface area (Å²) < 4.78 is 0. The highest BCUT2D eigenvalue weighted by Crippen LogP contribution is 2.20. The van der Waals surface area contributed by atoms with Crippen molar-refractivity contribution in [1.29, 1.82) is 0 Å². The Balaban J connectivity index is 2.99. The molecule has 0 aromatic rings. The van der Waals surface area contributed by atoms with Gasteiger partial charge in [-0.05, 0) is 39.3 Å². The first-order chi connectivity index (χ1) is 5.66. The molecule has 1 aliphatic heterocycles. The minimum atomic E-state index is 1.12. The zero-order chi connectivity index (χ0) is 9.14. The second-order valence-corrected chi connectivity index (χ2v) is 3.18. The van der Waals surface area contributed by atoms with Gasteiger partial charge in [-0.3, -0.25) is 4.99 Å². The molecule has 0 aliphatic carbocycles. The van der Waals surface area contributed by atoms with Crippen LogP contribution < -0.4 is 0 Å². The van der Waals surface area contributed by atoms with Crippen LogP contribution in [0.25, 0.3) is 0 Å². The van der Waals surface area contributed by atoms with Gasteiger partial charge in [0.15, 0.2) is 0 Å². The van der Waals surface area contributed by atoms with Gasteiger partial charge in [-0.15, -0.1) is 0 Å². The minimum Gasteiger partial charge on any atom is -0.256 e.